The molecule has 112 valence electrons. The molecular formula is C12H22O6S. The second-order valence-electron chi connectivity index (χ2n) is 5.72. The van der Waals surface area contributed by atoms with Crippen LogP contribution in [0.3, 0.4) is 0 Å². The summed E-state index contributed by atoms with van der Waals surface area (Å²) in [7, 11) is -1.70. The summed E-state index contributed by atoms with van der Waals surface area (Å²) in [5.41, 5.74) is 0. The predicted octanol–water partition coefficient (Wildman–Crippen LogP) is 0.701. The predicted molar refractivity (Wildman–Crippen MR) is 68.4 cm³/mol. The summed E-state index contributed by atoms with van der Waals surface area (Å²) in [6.07, 6.45) is -1.93. The van der Waals surface area contributed by atoms with Crippen molar-refractivity contribution < 1.29 is 27.4 Å². The van der Waals surface area contributed by atoms with Gasteiger partial charge >= 0.3 is 0 Å². The van der Waals surface area contributed by atoms with Gasteiger partial charge in [-0.1, -0.05) is 0 Å². The van der Waals surface area contributed by atoms with Gasteiger partial charge in [0.25, 0.3) is 0 Å². The molecule has 2 aliphatic rings. The molecule has 4 atom stereocenters. The standard InChI is InChI=1S/C12H22O6S/c1-7(2)19(13,14)6-8-9-10(11(15-5)16-8)18-12(3,4)17-9/h7-11H,6H2,1-5H3/t8-,9-,10-,11-/m1/s1. The van der Waals surface area contributed by atoms with Crippen LogP contribution in [0.4, 0.5) is 0 Å². The Morgan fingerprint density at radius 2 is 1.79 bits per heavy atom. The average molecular weight is 294 g/mol. The van der Waals surface area contributed by atoms with Crippen LogP contribution in [0.25, 0.3) is 0 Å². The molecular weight excluding hydrogens is 272 g/mol. The van der Waals surface area contributed by atoms with Crippen molar-refractivity contribution in [2.24, 2.45) is 0 Å². The Balaban J connectivity index is 2.15. The third kappa shape index (κ3) is 2.95. The molecule has 0 amide bonds. The van der Waals surface area contributed by atoms with Gasteiger partial charge in [-0.25, -0.2) is 8.42 Å². The second kappa shape index (κ2) is 4.96. The highest BCUT2D eigenvalue weighted by Gasteiger charge is 2.56. The zero-order valence-corrected chi connectivity index (χ0v) is 12.8. The van der Waals surface area contributed by atoms with E-state index in [2.05, 4.69) is 0 Å². The Labute approximate surface area is 114 Å². The summed E-state index contributed by atoms with van der Waals surface area (Å²) in [5.74, 6) is -0.819. The Morgan fingerprint density at radius 1 is 1.21 bits per heavy atom. The molecule has 2 saturated heterocycles. The summed E-state index contributed by atoms with van der Waals surface area (Å²) in [4.78, 5) is 0. The molecule has 0 spiro atoms. The lowest BCUT2D eigenvalue weighted by Crippen LogP contribution is -2.36. The van der Waals surface area contributed by atoms with Crippen molar-refractivity contribution in [1.29, 1.82) is 0 Å². The quantitative estimate of drug-likeness (QED) is 0.760. The smallest absolute Gasteiger partial charge is 0.186 e. The molecule has 2 aliphatic heterocycles. The maximum absolute atomic E-state index is 12.0. The fourth-order valence-electron chi connectivity index (χ4n) is 2.39. The Kier molecular flexibility index (Phi) is 3.97. The van der Waals surface area contributed by atoms with E-state index in [-0.39, 0.29) is 11.9 Å². The van der Waals surface area contributed by atoms with Crippen LogP contribution < -0.4 is 0 Å². The molecule has 2 fully saturated rings. The van der Waals surface area contributed by atoms with Crippen LogP contribution in [-0.4, -0.2) is 56.9 Å². The first-order valence-corrected chi connectivity index (χ1v) is 8.13. The zero-order chi connectivity index (χ0) is 14.4. The SMILES string of the molecule is CO[C@@H]1O[C@H](CS(=O)(=O)C(C)C)[C@H]2OC(C)(C)O[C@@H]12. The first kappa shape index (κ1) is 15.2. The van der Waals surface area contributed by atoms with E-state index in [1.54, 1.807) is 27.7 Å². The van der Waals surface area contributed by atoms with Crippen molar-refractivity contribution in [2.45, 2.75) is 63.3 Å². The van der Waals surface area contributed by atoms with Gasteiger partial charge in [-0.05, 0) is 27.7 Å². The molecule has 0 radical (unpaired) electrons. The van der Waals surface area contributed by atoms with Gasteiger partial charge in [0.05, 0.1) is 11.0 Å². The molecule has 0 bridgehead atoms. The Morgan fingerprint density at radius 3 is 2.32 bits per heavy atom. The second-order valence-corrected chi connectivity index (χ2v) is 8.32. The lowest BCUT2D eigenvalue weighted by molar-refractivity contribution is -0.224. The molecule has 0 saturated carbocycles. The van der Waals surface area contributed by atoms with Crippen LogP contribution in [0.1, 0.15) is 27.7 Å². The third-order valence-electron chi connectivity index (χ3n) is 3.45. The molecule has 7 heteroatoms. The monoisotopic (exact) mass is 294 g/mol. The number of hydrogen-bond acceptors (Lipinski definition) is 6. The van der Waals surface area contributed by atoms with E-state index in [0.717, 1.165) is 0 Å². The topological polar surface area (TPSA) is 71.1 Å². The highest BCUT2D eigenvalue weighted by atomic mass is 32.2. The summed E-state index contributed by atoms with van der Waals surface area (Å²) >= 11 is 0. The Hall–Kier alpha value is -0.210. The Bertz CT molecular complexity index is 430. The number of rotatable bonds is 4. The minimum Gasteiger partial charge on any atom is -0.353 e. The molecule has 0 aromatic heterocycles. The molecule has 0 aromatic rings. The van der Waals surface area contributed by atoms with E-state index < -0.39 is 39.4 Å². The van der Waals surface area contributed by atoms with E-state index in [4.69, 9.17) is 18.9 Å². The maximum atomic E-state index is 12.0. The maximum Gasteiger partial charge on any atom is 0.186 e. The molecule has 19 heavy (non-hydrogen) atoms. The van der Waals surface area contributed by atoms with Gasteiger partial charge in [0.15, 0.2) is 21.9 Å². The summed E-state index contributed by atoms with van der Waals surface area (Å²) < 4.78 is 46.3. The molecule has 0 unspecified atom stereocenters. The lowest BCUT2D eigenvalue weighted by Gasteiger charge is -2.23. The van der Waals surface area contributed by atoms with Crippen molar-refractivity contribution in [2.75, 3.05) is 12.9 Å². The molecule has 6 nitrogen and oxygen atoms in total. The van der Waals surface area contributed by atoms with Crippen molar-refractivity contribution in [1.82, 2.24) is 0 Å². The first-order chi connectivity index (χ1) is 8.66. The van der Waals surface area contributed by atoms with Crippen LogP contribution in [0, 0.1) is 0 Å². The van der Waals surface area contributed by atoms with Crippen molar-refractivity contribution in [3.8, 4) is 0 Å². The molecule has 2 heterocycles. The van der Waals surface area contributed by atoms with E-state index in [9.17, 15) is 8.42 Å². The van der Waals surface area contributed by atoms with Crippen molar-refractivity contribution in [3.63, 3.8) is 0 Å². The van der Waals surface area contributed by atoms with E-state index in [1.165, 1.54) is 7.11 Å². The van der Waals surface area contributed by atoms with Gasteiger partial charge in [-0.15, -0.1) is 0 Å². The lowest BCUT2D eigenvalue weighted by atomic mass is 10.2. The van der Waals surface area contributed by atoms with Crippen LogP contribution >= 0.6 is 0 Å². The van der Waals surface area contributed by atoms with Crippen LogP contribution in [0.2, 0.25) is 0 Å². The van der Waals surface area contributed by atoms with Crippen molar-refractivity contribution >= 4 is 9.84 Å². The molecule has 0 aliphatic carbocycles. The number of fused-ring (bicyclic) bond motifs is 1. The largest absolute Gasteiger partial charge is 0.353 e. The highest BCUT2D eigenvalue weighted by Crippen LogP contribution is 2.39. The fraction of sp³-hybridized carbons (Fsp3) is 1.00. The summed E-state index contributed by atoms with van der Waals surface area (Å²) in [5, 5.41) is -0.438. The zero-order valence-electron chi connectivity index (χ0n) is 12.0. The normalized spacial score (nSPS) is 37.8. The number of methoxy groups -OCH3 is 1. The summed E-state index contributed by atoms with van der Waals surface area (Å²) in [6, 6.07) is 0. The fourth-order valence-corrected chi connectivity index (χ4v) is 3.50. The highest BCUT2D eigenvalue weighted by molar-refractivity contribution is 7.92. The summed E-state index contributed by atoms with van der Waals surface area (Å²) in [6.45, 7) is 6.91. The van der Waals surface area contributed by atoms with E-state index in [0.29, 0.717) is 0 Å². The number of hydrogen-bond donors (Lipinski definition) is 0. The van der Waals surface area contributed by atoms with E-state index in [1.807, 2.05) is 0 Å². The number of sulfone groups is 1. The van der Waals surface area contributed by atoms with Crippen LogP contribution in [-0.2, 0) is 28.8 Å². The molecule has 0 aromatic carbocycles. The van der Waals surface area contributed by atoms with Gasteiger partial charge in [0, 0.05) is 7.11 Å². The van der Waals surface area contributed by atoms with Gasteiger partial charge in [-0.2, -0.15) is 0 Å². The molecule has 0 N–H and O–H groups in total. The average Bonchev–Trinajstić information content (AvgIpc) is 2.73. The third-order valence-corrected chi connectivity index (χ3v) is 5.68. The van der Waals surface area contributed by atoms with Crippen LogP contribution in [0.15, 0.2) is 0 Å². The van der Waals surface area contributed by atoms with Gasteiger partial charge in [-0.3, -0.25) is 0 Å². The molecule has 2 rings (SSSR count). The van der Waals surface area contributed by atoms with Gasteiger partial charge in [0.2, 0.25) is 0 Å². The van der Waals surface area contributed by atoms with Gasteiger partial charge < -0.3 is 18.9 Å². The first-order valence-electron chi connectivity index (χ1n) is 6.42. The minimum absolute atomic E-state index is 0.0782. The minimum atomic E-state index is -3.21. The van der Waals surface area contributed by atoms with Gasteiger partial charge in [0.1, 0.15) is 18.3 Å². The van der Waals surface area contributed by atoms with E-state index >= 15 is 0 Å². The van der Waals surface area contributed by atoms with Crippen molar-refractivity contribution in [3.05, 3.63) is 0 Å². The van der Waals surface area contributed by atoms with Crippen LogP contribution in [0.5, 0.6) is 0 Å². The number of ether oxygens (including phenoxy) is 4.